The number of halogens is 1. The van der Waals surface area contributed by atoms with E-state index in [1.807, 2.05) is 31.1 Å². The minimum Gasteiger partial charge on any atom is -0.378 e. The van der Waals surface area contributed by atoms with Crippen LogP contribution < -0.4 is 10.2 Å². The lowest BCUT2D eigenvalue weighted by Gasteiger charge is -2.12. The summed E-state index contributed by atoms with van der Waals surface area (Å²) in [6, 6.07) is 13.8. The lowest BCUT2D eigenvalue weighted by Crippen LogP contribution is -2.29. The Morgan fingerprint density at radius 3 is 2.05 bits per heavy atom. The molecule has 0 fully saturated rings. The topological polar surface area (TPSA) is 49.4 Å². The number of Topliss-reactive ketones (excluding diaryl/α,β-unsaturated/α-hetero) is 1. The van der Waals surface area contributed by atoms with Crippen molar-refractivity contribution in [3.8, 4) is 0 Å². The first-order valence-electron chi connectivity index (χ1n) is 6.82. The Hall–Kier alpha value is -2.33. The smallest absolute Gasteiger partial charge is 0.251 e. The molecule has 0 aliphatic rings. The van der Waals surface area contributed by atoms with Crippen molar-refractivity contribution in [3.63, 3.8) is 0 Å². The molecule has 0 atom stereocenters. The van der Waals surface area contributed by atoms with Crippen molar-refractivity contribution in [1.82, 2.24) is 5.32 Å². The molecule has 0 aromatic heterocycles. The molecule has 0 saturated heterocycles. The van der Waals surface area contributed by atoms with Crippen LogP contribution >= 0.6 is 11.6 Å². The molecule has 0 aliphatic carbocycles. The summed E-state index contributed by atoms with van der Waals surface area (Å²) < 4.78 is 0. The van der Waals surface area contributed by atoms with Gasteiger partial charge in [-0.05, 0) is 48.5 Å². The summed E-state index contributed by atoms with van der Waals surface area (Å²) in [4.78, 5) is 25.9. The maximum absolute atomic E-state index is 12.1. The Labute approximate surface area is 134 Å². The molecule has 22 heavy (non-hydrogen) atoms. The van der Waals surface area contributed by atoms with Crippen LogP contribution in [0.1, 0.15) is 20.7 Å². The summed E-state index contributed by atoms with van der Waals surface area (Å²) in [6.07, 6.45) is 0. The molecule has 0 heterocycles. The zero-order chi connectivity index (χ0) is 16.1. The van der Waals surface area contributed by atoms with Gasteiger partial charge in [0.15, 0.2) is 5.78 Å². The first-order valence-corrected chi connectivity index (χ1v) is 7.19. The van der Waals surface area contributed by atoms with Crippen molar-refractivity contribution < 1.29 is 9.59 Å². The van der Waals surface area contributed by atoms with Crippen LogP contribution in [0.2, 0.25) is 5.02 Å². The maximum Gasteiger partial charge on any atom is 0.251 e. The Morgan fingerprint density at radius 1 is 0.955 bits per heavy atom. The minimum atomic E-state index is -0.296. The summed E-state index contributed by atoms with van der Waals surface area (Å²) in [5.74, 6) is -0.428. The third kappa shape index (κ3) is 4.09. The largest absolute Gasteiger partial charge is 0.378 e. The van der Waals surface area contributed by atoms with E-state index in [-0.39, 0.29) is 18.2 Å². The number of amides is 1. The highest BCUT2D eigenvalue weighted by atomic mass is 35.5. The van der Waals surface area contributed by atoms with Crippen LogP contribution in [0.25, 0.3) is 0 Å². The first-order chi connectivity index (χ1) is 10.5. The monoisotopic (exact) mass is 316 g/mol. The van der Waals surface area contributed by atoms with Gasteiger partial charge in [0.05, 0.1) is 6.54 Å². The number of hydrogen-bond donors (Lipinski definition) is 1. The van der Waals surface area contributed by atoms with Gasteiger partial charge in [-0.2, -0.15) is 0 Å². The van der Waals surface area contributed by atoms with E-state index in [1.54, 1.807) is 36.4 Å². The first kappa shape index (κ1) is 16.0. The van der Waals surface area contributed by atoms with E-state index in [0.29, 0.717) is 16.1 Å². The van der Waals surface area contributed by atoms with Crippen LogP contribution in [0.3, 0.4) is 0 Å². The zero-order valence-electron chi connectivity index (χ0n) is 12.5. The highest BCUT2D eigenvalue weighted by Crippen LogP contribution is 2.13. The molecule has 0 saturated carbocycles. The number of carbonyl (C=O) groups excluding carboxylic acids is 2. The minimum absolute atomic E-state index is 0.0389. The lowest BCUT2D eigenvalue weighted by atomic mass is 10.1. The molecule has 0 aliphatic heterocycles. The number of nitrogens with one attached hydrogen (secondary N) is 1. The summed E-state index contributed by atoms with van der Waals surface area (Å²) in [6.45, 7) is -0.0389. The highest BCUT2D eigenvalue weighted by Gasteiger charge is 2.10. The van der Waals surface area contributed by atoms with Crippen molar-refractivity contribution in [3.05, 3.63) is 64.7 Å². The molecular formula is C17H17ClN2O2. The van der Waals surface area contributed by atoms with Crippen LogP contribution in [0, 0.1) is 0 Å². The van der Waals surface area contributed by atoms with Gasteiger partial charge in [-0.25, -0.2) is 0 Å². The summed E-state index contributed by atoms with van der Waals surface area (Å²) in [7, 11) is 3.87. The average Bonchev–Trinajstić information content (AvgIpc) is 2.53. The fraction of sp³-hybridized carbons (Fsp3) is 0.176. The molecule has 2 aromatic rings. The normalized spacial score (nSPS) is 10.1. The molecule has 114 valence electrons. The average molecular weight is 317 g/mol. The van der Waals surface area contributed by atoms with Gasteiger partial charge in [0.1, 0.15) is 0 Å². The third-order valence-corrected chi connectivity index (χ3v) is 3.47. The summed E-state index contributed by atoms with van der Waals surface area (Å²) in [5.41, 5.74) is 2.06. The lowest BCUT2D eigenvalue weighted by molar-refractivity contribution is 0.0904. The van der Waals surface area contributed by atoms with Crippen molar-refractivity contribution in [2.45, 2.75) is 0 Å². The zero-order valence-corrected chi connectivity index (χ0v) is 13.2. The molecule has 2 aromatic carbocycles. The standard InChI is InChI=1S/C17H17ClN2O2/c1-20(2)15-9-5-12(6-10-15)16(21)11-19-17(22)13-3-7-14(18)8-4-13/h3-10H,11H2,1-2H3,(H,19,22). The van der Waals surface area contributed by atoms with E-state index in [4.69, 9.17) is 11.6 Å². The van der Waals surface area contributed by atoms with Crippen LogP contribution in [0.5, 0.6) is 0 Å². The number of nitrogens with zero attached hydrogens (tertiary/aromatic N) is 1. The van der Waals surface area contributed by atoms with Crippen LogP contribution in [0.4, 0.5) is 5.69 Å². The number of rotatable bonds is 5. The van der Waals surface area contributed by atoms with Gasteiger partial charge in [-0.1, -0.05) is 11.6 Å². The molecule has 0 spiro atoms. The molecule has 4 nitrogen and oxygen atoms in total. The Bertz CT molecular complexity index is 664. The van der Waals surface area contributed by atoms with Gasteiger partial charge >= 0.3 is 0 Å². The Kier molecular flexibility index (Phi) is 5.17. The maximum atomic E-state index is 12.1. The molecule has 0 radical (unpaired) electrons. The van der Waals surface area contributed by atoms with Crippen molar-refractivity contribution in [2.75, 3.05) is 25.5 Å². The molecule has 5 heteroatoms. The molecule has 2 rings (SSSR count). The van der Waals surface area contributed by atoms with E-state index in [0.717, 1.165) is 5.69 Å². The van der Waals surface area contributed by atoms with Gasteiger partial charge in [-0.15, -0.1) is 0 Å². The van der Waals surface area contributed by atoms with Crippen LogP contribution in [-0.4, -0.2) is 32.3 Å². The number of ketones is 1. The summed E-state index contributed by atoms with van der Waals surface area (Å²) in [5, 5.41) is 3.18. The molecule has 1 N–H and O–H groups in total. The predicted octanol–water partition coefficient (Wildman–Crippen LogP) is 3.02. The number of benzene rings is 2. The fourth-order valence-corrected chi connectivity index (χ4v) is 2.04. The van der Waals surface area contributed by atoms with Gasteiger partial charge in [0.25, 0.3) is 5.91 Å². The second-order valence-corrected chi connectivity index (χ2v) is 5.49. The van der Waals surface area contributed by atoms with Crippen LogP contribution in [-0.2, 0) is 0 Å². The Morgan fingerprint density at radius 2 is 1.50 bits per heavy atom. The van der Waals surface area contributed by atoms with Crippen molar-refractivity contribution in [2.24, 2.45) is 0 Å². The molecule has 0 bridgehead atoms. The number of anilines is 1. The van der Waals surface area contributed by atoms with E-state index in [1.165, 1.54) is 0 Å². The van der Waals surface area contributed by atoms with Gasteiger partial charge < -0.3 is 10.2 Å². The second-order valence-electron chi connectivity index (χ2n) is 5.05. The molecule has 0 unspecified atom stereocenters. The Balaban J connectivity index is 1.94. The van der Waals surface area contributed by atoms with Gasteiger partial charge in [0, 0.05) is 35.9 Å². The molecule has 1 amide bonds. The number of hydrogen-bond acceptors (Lipinski definition) is 3. The number of carbonyl (C=O) groups is 2. The predicted molar refractivity (Wildman–Crippen MR) is 88.9 cm³/mol. The van der Waals surface area contributed by atoms with Crippen LogP contribution in [0.15, 0.2) is 48.5 Å². The quantitative estimate of drug-likeness (QED) is 0.863. The third-order valence-electron chi connectivity index (χ3n) is 3.22. The molecular weight excluding hydrogens is 300 g/mol. The second kappa shape index (κ2) is 7.09. The SMILES string of the molecule is CN(C)c1ccc(C(=O)CNC(=O)c2ccc(Cl)cc2)cc1. The van der Waals surface area contributed by atoms with Gasteiger partial charge in [-0.3, -0.25) is 9.59 Å². The summed E-state index contributed by atoms with van der Waals surface area (Å²) >= 11 is 5.77. The fourth-order valence-electron chi connectivity index (χ4n) is 1.91. The van der Waals surface area contributed by atoms with E-state index < -0.39 is 0 Å². The van der Waals surface area contributed by atoms with E-state index in [9.17, 15) is 9.59 Å². The van der Waals surface area contributed by atoms with E-state index in [2.05, 4.69) is 5.32 Å². The van der Waals surface area contributed by atoms with Crippen molar-refractivity contribution >= 4 is 29.0 Å². The van der Waals surface area contributed by atoms with Gasteiger partial charge in [0.2, 0.25) is 0 Å². The van der Waals surface area contributed by atoms with E-state index >= 15 is 0 Å². The van der Waals surface area contributed by atoms with Crippen molar-refractivity contribution in [1.29, 1.82) is 0 Å². The highest BCUT2D eigenvalue weighted by molar-refractivity contribution is 6.30.